The summed E-state index contributed by atoms with van der Waals surface area (Å²) in [4.78, 5) is 3.76. The van der Waals surface area contributed by atoms with Crippen LogP contribution in [0.15, 0.2) is 28.8 Å². The molecule has 0 amide bonds. The summed E-state index contributed by atoms with van der Waals surface area (Å²) in [6, 6.07) is 3.97. The van der Waals surface area contributed by atoms with Crippen LogP contribution in [0.2, 0.25) is 0 Å². The number of rotatable bonds is 1. The van der Waals surface area contributed by atoms with Crippen molar-refractivity contribution in [1.82, 2.24) is 10.1 Å². The molecule has 0 N–H and O–H groups in total. The first-order valence-electron chi connectivity index (χ1n) is 6.57. The smallest absolute Gasteiger partial charge is 0.361 e. The van der Waals surface area contributed by atoms with Crippen molar-refractivity contribution in [2.24, 2.45) is 0 Å². The first-order chi connectivity index (χ1) is 9.88. The number of allylic oxidation sites excluding steroid dienone is 2. The topological polar surface area (TPSA) is 38.9 Å². The molecule has 1 unspecified atom stereocenters. The van der Waals surface area contributed by atoms with Gasteiger partial charge < -0.3 is 4.52 Å². The maximum absolute atomic E-state index is 12.8. The van der Waals surface area contributed by atoms with E-state index in [1.165, 1.54) is 6.07 Å². The van der Waals surface area contributed by atoms with Crippen molar-refractivity contribution in [2.45, 2.75) is 32.4 Å². The summed E-state index contributed by atoms with van der Waals surface area (Å²) in [7, 11) is 0. The van der Waals surface area contributed by atoms with E-state index in [4.69, 9.17) is 4.52 Å². The predicted molar refractivity (Wildman–Crippen MR) is 70.6 cm³/mol. The van der Waals surface area contributed by atoms with Crippen LogP contribution in [0.25, 0.3) is 5.57 Å². The molecule has 1 aliphatic rings. The van der Waals surface area contributed by atoms with Crippen molar-refractivity contribution in [3.05, 3.63) is 52.7 Å². The molecule has 0 saturated carbocycles. The molecule has 0 aromatic carbocycles. The summed E-state index contributed by atoms with van der Waals surface area (Å²) in [5, 5.41) is 3.92. The largest absolute Gasteiger partial charge is 0.433 e. The second-order valence-corrected chi connectivity index (χ2v) is 5.10. The predicted octanol–water partition coefficient (Wildman–Crippen LogP) is 4.14. The number of halogens is 3. The lowest BCUT2D eigenvalue weighted by Crippen LogP contribution is -2.12. The third-order valence-electron chi connectivity index (χ3n) is 3.73. The number of fused-ring (bicyclic) bond motifs is 1. The van der Waals surface area contributed by atoms with Crippen molar-refractivity contribution in [3.8, 4) is 0 Å². The van der Waals surface area contributed by atoms with Gasteiger partial charge in [0, 0.05) is 17.9 Å². The maximum Gasteiger partial charge on any atom is 0.433 e. The second kappa shape index (κ2) is 4.72. The van der Waals surface area contributed by atoms with Crippen LogP contribution in [-0.2, 0) is 12.6 Å². The molecule has 21 heavy (non-hydrogen) atoms. The van der Waals surface area contributed by atoms with Gasteiger partial charge in [0.1, 0.15) is 11.5 Å². The van der Waals surface area contributed by atoms with Gasteiger partial charge in [0.25, 0.3) is 0 Å². The van der Waals surface area contributed by atoms with Gasteiger partial charge in [-0.2, -0.15) is 13.2 Å². The van der Waals surface area contributed by atoms with Gasteiger partial charge in [0.05, 0.1) is 11.4 Å². The van der Waals surface area contributed by atoms with Crippen LogP contribution < -0.4 is 0 Å². The van der Waals surface area contributed by atoms with Crippen molar-refractivity contribution in [3.63, 3.8) is 0 Å². The van der Waals surface area contributed by atoms with Gasteiger partial charge in [-0.25, -0.2) is 4.98 Å². The Bertz CT molecular complexity index is 716. The van der Waals surface area contributed by atoms with Crippen LogP contribution in [-0.4, -0.2) is 10.1 Å². The van der Waals surface area contributed by atoms with E-state index in [-0.39, 0.29) is 5.92 Å². The molecule has 6 heteroatoms. The fraction of sp³-hybridized carbons (Fsp3) is 0.333. The number of aromatic nitrogens is 2. The first-order valence-corrected chi connectivity index (χ1v) is 6.57. The van der Waals surface area contributed by atoms with E-state index in [1.807, 2.05) is 19.9 Å². The molecule has 2 aromatic rings. The molecule has 3 nitrogen and oxygen atoms in total. The summed E-state index contributed by atoms with van der Waals surface area (Å²) in [6.45, 7) is 3.76. The highest BCUT2D eigenvalue weighted by Gasteiger charge is 2.33. The molecular weight excluding hydrogens is 281 g/mol. The molecule has 0 spiro atoms. The number of pyridine rings is 1. The first kappa shape index (κ1) is 13.9. The highest BCUT2D eigenvalue weighted by atomic mass is 19.4. The Labute approximate surface area is 119 Å². The molecule has 0 aliphatic heterocycles. The average Bonchev–Trinajstić information content (AvgIpc) is 2.81. The van der Waals surface area contributed by atoms with Crippen LogP contribution in [0.4, 0.5) is 13.2 Å². The third-order valence-corrected chi connectivity index (χ3v) is 3.73. The van der Waals surface area contributed by atoms with E-state index in [2.05, 4.69) is 10.1 Å². The maximum atomic E-state index is 12.8. The monoisotopic (exact) mass is 294 g/mol. The number of aryl methyl sites for hydroxylation is 1. The Morgan fingerprint density at radius 3 is 2.76 bits per heavy atom. The van der Waals surface area contributed by atoms with Gasteiger partial charge in [0.15, 0.2) is 0 Å². The second-order valence-electron chi connectivity index (χ2n) is 5.10. The fourth-order valence-electron chi connectivity index (χ4n) is 2.74. The molecule has 0 saturated heterocycles. The molecule has 2 aromatic heterocycles. The lowest BCUT2D eigenvalue weighted by molar-refractivity contribution is -0.141. The quantitative estimate of drug-likeness (QED) is 0.793. The van der Waals surface area contributed by atoms with Crippen molar-refractivity contribution >= 4 is 5.57 Å². The van der Waals surface area contributed by atoms with Crippen molar-refractivity contribution in [2.75, 3.05) is 0 Å². The van der Waals surface area contributed by atoms with Crippen LogP contribution in [0.1, 0.15) is 41.2 Å². The number of hydrogen-bond acceptors (Lipinski definition) is 3. The Morgan fingerprint density at radius 1 is 1.29 bits per heavy atom. The van der Waals surface area contributed by atoms with Gasteiger partial charge in [-0.3, -0.25) is 0 Å². The summed E-state index contributed by atoms with van der Waals surface area (Å²) in [5.74, 6) is 0.687. The van der Waals surface area contributed by atoms with E-state index in [9.17, 15) is 13.2 Å². The average molecular weight is 294 g/mol. The highest BCUT2D eigenvalue weighted by Crippen LogP contribution is 2.39. The van der Waals surface area contributed by atoms with E-state index < -0.39 is 11.9 Å². The van der Waals surface area contributed by atoms with Gasteiger partial charge in [-0.05, 0) is 24.6 Å². The van der Waals surface area contributed by atoms with Crippen LogP contribution >= 0.6 is 0 Å². The van der Waals surface area contributed by atoms with Crippen LogP contribution in [0, 0.1) is 6.92 Å². The summed E-state index contributed by atoms with van der Waals surface area (Å²) < 4.78 is 43.6. The number of hydrogen-bond donors (Lipinski definition) is 0. The Morgan fingerprint density at radius 2 is 2.05 bits per heavy atom. The molecule has 3 rings (SSSR count). The van der Waals surface area contributed by atoms with Crippen LogP contribution in [0.5, 0.6) is 0 Å². The molecule has 1 aliphatic carbocycles. The van der Waals surface area contributed by atoms with Crippen molar-refractivity contribution < 1.29 is 17.7 Å². The zero-order valence-corrected chi connectivity index (χ0v) is 11.5. The van der Waals surface area contributed by atoms with E-state index in [0.29, 0.717) is 12.1 Å². The lowest BCUT2D eigenvalue weighted by Gasteiger charge is -2.20. The summed E-state index contributed by atoms with van der Waals surface area (Å²) >= 11 is 0. The Balaban J connectivity index is 2.02. The van der Waals surface area contributed by atoms with E-state index >= 15 is 0 Å². The third kappa shape index (κ3) is 2.34. The molecular formula is C15H13F3N2O. The minimum atomic E-state index is -4.44. The van der Waals surface area contributed by atoms with E-state index in [0.717, 1.165) is 28.7 Å². The summed E-state index contributed by atoms with van der Waals surface area (Å²) in [6.07, 6.45) is -2.05. The highest BCUT2D eigenvalue weighted by molar-refractivity contribution is 5.71. The van der Waals surface area contributed by atoms with Gasteiger partial charge in [0.2, 0.25) is 0 Å². The van der Waals surface area contributed by atoms with Crippen LogP contribution in [0.3, 0.4) is 0 Å². The fourth-order valence-corrected chi connectivity index (χ4v) is 2.74. The van der Waals surface area contributed by atoms with Gasteiger partial charge in [-0.15, -0.1) is 0 Å². The van der Waals surface area contributed by atoms with Crippen molar-refractivity contribution in [1.29, 1.82) is 0 Å². The van der Waals surface area contributed by atoms with E-state index in [1.54, 1.807) is 6.07 Å². The number of nitrogens with zero attached hydrogens (tertiary/aromatic N) is 2. The SMILES string of the molecule is Cc1noc2c1C(C)C(c1cccc(C(F)(F)F)n1)=CC2. The molecule has 0 bridgehead atoms. The normalized spacial score (nSPS) is 18.3. The zero-order valence-electron chi connectivity index (χ0n) is 11.5. The Kier molecular flexibility index (Phi) is 3.11. The molecule has 0 fully saturated rings. The van der Waals surface area contributed by atoms with Gasteiger partial charge >= 0.3 is 6.18 Å². The Hall–Kier alpha value is -2.11. The summed E-state index contributed by atoms with van der Waals surface area (Å²) in [5.41, 5.74) is 1.98. The molecule has 110 valence electrons. The minimum Gasteiger partial charge on any atom is -0.361 e. The number of alkyl halides is 3. The van der Waals surface area contributed by atoms with Gasteiger partial charge in [-0.1, -0.05) is 24.2 Å². The molecule has 0 radical (unpaired) electrons. The lowest BCUT2D eigenvalue weighted by atomic mass is 9.84. The zero-order chi connectivity index (χ0) is 15.2. The molecule has 2 heterocycles. The molecule has 1 atom stereocenters. The standard InChI is InChI=1S/C15H13F3N2O/c1-8-10(6-7-12-14(8)9(2)20-21-12)11-4-3-5-13(19-11)15(16,17)18/h3-6,8H,7H2,1-2H3. The minimum absolute atomic E-state index is 0.0871.